The lowest BCUT2D eigenvalue weighted by molar-refractivity contribution is -0.896. The summed E-state index contributed by atoms with van der Waals surface area (Å²) in [6, 6.07) is 6.85. The van der Waals surface area contributed by atoms with E-state index in [-0.39, 0.29) is 18.9 Å². The lowest BCUT2D eigenvalue weighted by Gasteiger charge is -2.39. The summed E-state index contributed by atoms with van der Waals surface area (Å²) in [5.74, 6) is -4.49. The maximum atomic E-state index is 13.8. The number of rotatable bonds is 4. The quantitative estimate of drug-likeness (QED) is 0.641. The highest BCUT2D eigenvalue weighted by atomic mass is 19.3. The Morgan fingerprint density at radius 1 is 1.19 bits per heavy atom. The number of aliphatic hydroxyl groups is 1. The number of nitrogens with zero attached hydrogens (tertiary/aromatic N) is 1. The number of benzene rings is 1. The molecule has 1 saturated carbocycles. The van der Waals surface area contributed by atoms with Crippen molar-refractivity contribution in [2.24, 2.45) is 5.92 Å². The summed E-state index contributed by atoms with van der Waals surface area (Å²) in [6.45, 7) is 3.65. The monoisotopic (exact) mass is 382 g/mol. The molecule has 1 aliphatic carbocycles. The van der Waals surface area contributed by atoms with Crippen molar-refractivity contribution in [1.82, 2.24) is 0 Å². The van der Waals surface area contributed by atoms with Crippen LogP contribution >= 0.6 is 0 Å². The number of carbonyl (C=O) groups excluding carboxylic acids is 1. The number of piperidine rings is 1. The molecule has 1 heterocycles. The van der Waals surface area contributed by atoms with Crippen molar-refractivity contribution in [2.75, 3.05) is 27.2 Å². The van der Waals surface area contributed by atoms with Gasteiger partial charge in [-0.3, -0.25) is 0 Å². The van der Waals surface area contributed by atoms with Crippen LogP contribution in [0.2, 0.25) is 0 Å². The summed E-state index contributed by atoms with van der Waals surface area (Å²) < 4.78 is 34.2. The Bertz CT molecular complexity index is 679. The number of alkyl halides is 2. The van der Waals surface area contributed by atoms with Gasteiger partial charge in [-0.25, -0.2) is 13.6 Å². The van der Waals surface area contributed by atoms with E-state index in [1.165, 1.54) is 0 Å². The molecule has 4 nitrogen and oxygen atoms in total. The number of aryl methyl sites for hydroxylation is 1. The molecule has 150 valence electrons. The van der Waals surface area contributed by atoms with Crippen LogP contribution in [-0.4, -0.2) is 54.8 Å². The second kappa shape index (κ2) is 7.13. The predicted octanol–water partition coefficient (Wildman–Crippen LogP) is 3.40. The summed E-state index contributed by atoms with van der Waals surface area (Å²) in [6.07, 6.45) is 0.436. The molecular formula is C21H30F2NO3+. The number of hydrogen-bond acceptors (Lipinski definition) is 3. The standard InChI is InChI=1S/C21H30F2NO3/c1-15-4-6-16(7-5-15)21(26,17-8-11-20(22,23)14-17)19(25)27-18-9-12-24(2,3)13-10-18/h4-7,17-18,26H,8-14H2,1-3H3/q+1/t17-,21+/m1/s1. The van der Waals surface area contributed by atoms with Gasteiger partial charge < -0.3 is 14.3 Å². The molecule has 1 N–H and O–H groups in total. The first-order valence-electron chi connectivity index (χ1n) is 9.72. The van der Waals surface area contributed by atoms with E-state index in [1.54, 1.807) is 24.3 Å². The molecule has 6 heteroatoms. The second-order valence-corrected chi connectivity index (χ2v) is 8.92. The Labute approximate surface area is 159 Å². The first-order chi connectivity index (χ1) is 12.5. The Hall–Kier alpha value is -1.53. The molecule has 0 spiro atoms. The van der Waals surface area contributed by atoms with Crippen molar-refractivity contribution in [3.05, 3.63) is 35.4 Å². The normalized spacial score (nSPS) is 27.1. The third kappa shape index (κ3) is 4.32. The van der Waals surface area contributed by atoms with E-state index >= 15 is 0 Å². The third-order valence-corrected chi connectivity index (χ3v) is 6.18. The fourth-order valence-electron chi connectivity index (χ4n) is 4.24. The third-order valence-electron chi connectivity index (χ3n) is 6.18. The van der Waals surface area contributed by atoms with Crippen molar-refractivity contribution in [1.29, 1.82) is 0 Å². The van der Waals surface area contributed by atoms with E-state index in [0.717, 1.165) is 23.1 Å². The summed E-state index contributed by atoms with van der Waals surface area (Å²) in [5, 5.41) is 11.4. The van der Waals surface area contributed by atoms with Gasteiger partial charge >= 0.3 is 5.97 Å². The molecule has 0 aromatic heterocycles. The highest BCUT2D eigenvalue weighted by Gasteiger charge is 2.55. The Morgan fingerprint density at radius 2 is 1.78 bits per heavy atom. The van der Waals surface area contributed by atoms with Gasteiger partial charge in [-0.1, -0.05) is 29.8 Å². The Balaban J connectivity index is 1.83. The maximum Gasteiger partial charge on any atom is 0.343 e. The van der Waals surface area contributed by atoms with Crippen LogP contribution in [-0.2, 0) is 15.1 Å². The van der Waals surface area contributed by atoms with E-state index in [9.17, 15) is 18.7 Å². The molecular weight excluding hydrogens is 352 g/mol. The molecule has 1 aromatic rings. The number of hydrogen-bond donors (Lipinski definition) is 1. The number of quaternary nitrogens is 1. The second-order valence-electron chi connectivity index (χ2n) is 8.92. The minimum Gasteiger partial charge on any atom is -0.460 e. The van der Waals surface area contributed by atoms with Crippen molar-refractivity contribution < 1.29 is 27.9 Å². The van der Waals surface area contributed by atoms with Crippen LogP contribution in [0, 0.1) is 12.8 Å². The molecule has 2 aliphatic rings. The molecule has 27 heavy (non-hydrogen) atoms. The summed E-state index contributed by atoms with van der Waals surface area (Å²) in [4.78, 5) is 13.1. The van der Waals surface area contributed by atoms with Crippen LogP contribution in [0.1, 0.15) is 43.2 Å². The Morgan fingerprint density at radius 3 is 2.30 bits per heavy atom. The van der Waals surface area contributed by atoms with Crippen LogP contribution in [0.25, 0.3) is 0 Å². The van der Waals surface area contributed by atoms with E-state index in [2.05, 4.69) is 14.1 Å². The van der Waals surface area contributed by atoms with Crippen molar-refractivity contribution in [3.8, 4) is 0 Å². The lowest BCUT2D eigenvalue weighted by Crippen LogP contribution is -2.50. The number of esters is 1. The van der Waals surface area contributed by atoms with E-state index < -0.39 is 29.8 Å². The lowest BCUT2D eigenvalue weighted by atomic mass is 9.79. The zero-order chi connectivity index (χ0) is 19.9. The largest absolute Gasteiger partial charge is 0.460 e. The zero-order valence-electron chi connectivity index (χ0n) is 16.4. The molecule has 2 atom stereocenters. The van der Waals surface area contributed by atoms with E-state index in [0.29, 0.717) is 18.4 Å². The minimum atomic E-state index is -2.85. The minimum absolute atomic E-state index is 0.0983. The SMILES string of the molecule is Cc1ccc([C@@](O)(C(=O)OC2CC[N+](C)(C)CC2)[C@@H]2CCC(F)(F)C2)cc1. The van der Waals surface area contributed by atoms with Gasteiger partial charge in [0.15, 0.2) is 5.60 Å². The summed E-state index contributed by atoms with van der Waals surface area (Å²) >= 11 is 0. The van der Waals surface area contributed by atoms with Crippen LogP contribution < -0.4 is 0 Å². The van der Waals surface area contributed by atoms with Gasteiger partial charge in [0.1, 0.15) is 6.10 Å². The highest BCUT2D eigenvalue weighted by Crippen LogP contribution is 2.48. The number of halogens is 2. The Kier molecular flexibility index (Phi) is 5.34. The maximum absolute atomic E-state index is 13.8. The molecule has 1 saturated heterocycles. The number of carbonyl (C=O) groups is 1. The molecule has 0 radical (unpaired) electrons. The number of likely N-dealkylation sites (tertiary alicyclic amines) is 1. The smallest absolute Gasteiger partial charge is 0.343 e. The van der Waals surface area contributed by atoms with Crippen LogP contribution in [0.4, 0.5) is 8.78 Å². The van der Waals surface area contributed by atoms with E-state index in [1.807, 2.05) is 6.92 Å². The van der Waals surface area contributed by atoms with Crippen LogP contribution in [0.3, 0.4) is 0 Å². The molecule has 0 bridgehead atoms. The molecule has 2 fully saturated rings. The fraction of sp³-hybridized carbons (Fsp3) is 0.667. The van der Waals surface area contributed by atoms with Gasteiger partial charge in [0, 0.05) is 31.6 Å². The van der Waals surface area contributed by atoms with Gasteiger partial charge in [-0.15, -0.1) is 0 Å². The number of ether oxygens (including phenoxy) is 1. The first-order valence-corrected chi connectivity index (χ1v) is 9.72. The summed E-state index contributed by atoms with van der Waals surface area (Å²) in [5.41, 5.74) is -0.721. The van der Waals surface area contributed by atoms with Crippen LogP contribution in [0.15, 0.2) is 24.3 Å². The van der Waals surface area contributed by atoms with Crippen LogP contribution in [0.5, 0.6) is 0 Å². The van der Waals surface area contributed by atoms with E-state index in [4.69, 9.17) is 4.74 Å². The van der Waals surface area contributed by atoms with Crippen molar-refractivity contribution in [3.63, 3.8) is 0 Å². The van der Waals surface area contributed by atoms with Crippen molar-refractivity contribution >= 4 is 5.97 Å². The molecule has 0 amide bonds. The average molecular weight is 382 g/mol. The molecule has 1 aliphatic heterocycles. The van der Waals surface area contributed by atoms with Gasteiger partial charge in [-0.05, 0) is 18.9 Å². The predicted molar refractivity (Wildman–Crippen MR) is 98.3 cm³/mol. The average Bonchev–Trinajstić information content (AvgIpc) is 2.97. The van der Waals surface area contributed by atoms with Crippen molar-refractivity contribution in [2.45, 2.75) is 56.7 Å². The van der Waals surface area contributed by atoms with Gasteiger partial charge in [-0.2, -0.15) is 0 Å². The van der Waals surface area contributed by atoms with Gasteiger partial charge in [0.25, 0.3) is 0 Å². The topological polar surface area (TPSA) is 46.5 Å². The fourth-order valence-corrected chi connectivity index (χ4v) is 4.24. The molecule has 0 unspecified atom stereocenters. The summed E-state index contributed by atoms with van der Waals surface area (Å²) in [7, 11) is 4.25. The van der Waals surface area contributed by atoms with Gasteiger partial charge in [0.2, 0.25) is 5.92 Å². The van der Waals surface area contributed by atoms with Gasteiger partial charge in [0.05, 0.1) is 27.2 Å². The zero-order valence-corrected chi connectivity index (χ0v) is 16.4. The highest BCUT2D eigenvalue weighted by molar-refractivity contribution is 5.82. The first kappa shape index (κ1) is 20.2. The molecule has 1 aromatic carbocycles. The molecule has 3 rings (SSSR count).